The molecule has 2 fully saturated rings. The summed E-state index contributed by atoms with van der Waals surface area (Å²) in [5.41, 5.74) is 1.65. The highest BCUT2D eigenvalue weighted by Gasteiger charge is 2.50. The molecule has 2 unspecified atom stereocenters. The van der Waals surface area contributed by atoms with Crippen LogP contribution in [0.1, 0.15) is 64.1 Å². The molecule has 4 rings (SSSR count). The number of hydrogen-bond acceptors (Lipinski definition) is 4. The van der Waals surface area contributed by atoms with E-state index >= 15 is 0 Å². The quantitative estimate of drug-likeness (QED) is 0.788. The number of likely N-dealkylation sites (tertiary alicyclic amines) is 1. The van der Waals surface area contributed by atoms with Crippen LogP contribution in [-0.2, 0) is 11.2 Å². The summed E-state index contributed by atoms with van der Waals surface area (Å²) in [6, 6.07) is 2.33. The third kappa shape index (κ3) is 2.85. The fourth-order valence-electron chi connectivity index (χ4n) is 3.90. The van der Waals surface area contributed by atoms with Gasteiger partial charge in [0.2, 0.25) is 0 Å². The minimum Gasteiger partial charge on any atom is -0.483 e. The Balaban J connectivity index is 1.50. The Kier molecular flexibility index (Phi) is 3.35. The van der Waals surface area contributed by atoms with Gasteiger partial charge in [0.15, 0.2) is 0 Å². The van der Waals surface area contributed by atoms with E-state index in [1.165, 1.54) is 24.1 Å². The summed E-state index contributed by atoms with van der Waals surface area (Å²) in [4.78, 5) is 18.8. The van der Waals surface area contributed by atoms with Crippen molar-refractivity contribution in [1.29, 1.82) is 0 Å². The summed E-state index contributed by atoms with van der Waals surface area (Å²) in [5.74, 6) is 1.53. The van der Waals surface area contributed by atoms with Gasteiger partial charge in [0.25, 0.3) is 0 Å². The molecule has 0 aromatic carbocycles. The molecule has 130 valence electrons. The molecular weight excluding hydrogens is 304 g/mol. The van der Waals surface area contributed by atoms with Crippen molar-refractivity contribution < 1.29 is 14.3 Å². The van der Waals surface area contributed by atoms with Crippen molar-refractivity contribution in [1.82, 2.24) is 9.88 Å². The van der Waals surface area contributed by atoms with Crippen molar-refractivity contribution in [3.63, 3.8) is 0 Å². The molecular formula is C19H26N2O3. The molecule has 2 aliphatic heterocycles. The van der Waals surface area contributed by atoms with Crippen LogP contribution in [-0.4, -0.2) is 39.8 Å². The number of fused-ring (bicyclic) bond motifs is 1. The van der Waals surface area contributed by atoms with Crippen molar-refractivity contribution in [2.75, 3.05) is 6.54 Å². The third-order valence-corrected chi connectivity index (χ3v) is 5.09. The number of hydrogen-bond donors (Lipinski definition) is 0. The van der Waals surface area contributed by atoms with Crippen LogP contribution >= 0.6 is 0 Å². The van der Waals surface area contributed by atoms with Crippen LogP contribution in [0.2, 0.25) is 0 Å². The highest BCUT2D eigenvalue weighted by Crippen LogP contribution is 2.45. The number of carbonyl (C=O) groups is 1. The largest absolute Gasteiger partial charge is 0.483 e. The first-order valence-electron chi connectivity index (χ1n) is 8.92. The molecule has 5 heteroatoms. The second-order valence-electron chi connectivity index (χ2n) is 8.61. The van der Waals surface area contributed by atoms with E-state index in [2.05, 4.69) is 18.0 Å². The molecule has 1 aromatic heterocycles. The number of nitrogens with zero attached hydrogens (tertiary/aromatic N) is 2. The van der Waals surface area contributed by atoms with Crippen molar-refractivity contribution in [2.45, 2.75) is 76.5 Å². The van der Waals surface area contributed by atoms with Gasteiger partial charge in [-0.2, -0.15) is 0 Å². The van der Waals surface area contributed by atoms with Gasteiger partial charge in [0, 0.05) is 36.1 Å². The zero-order valence-electron chi connectivity index (χ0n) is 15.0. The fourth-order valence-corrected chi connectivity index (χ4v) is 3.90. The van der Waals surface area contributed by atoms with Gasteiger partial charge in [-0.3, -0.25) is 4.98 Å². The molecule has 0 bridgehead atoms. The molecule has 1 aliphatic carbocycles. The highest BCUT2D eigenvalue weighted by molar-refractivity contribution is 5.69. The standard InChI is InChI=1S/C19H26N2O3/c1-12-8-19(11-21(12)17(22)24-18(2,3)4)9-14-7-15(13-5-6-13)20-10-16(14)23-19/h7,10,12-13H,5-6,8-9,11H2,1-4H3. The Morgan fingerprint density at radius 2 is 2.17 bits per heavy atom. The summed E-state index contributed by atoms with van der Waals surface area (Å²) >= 11 is 0. The lowest BCUT2D eigenvalue weighted by Crippen LogP contribution is -2.42. The van der Waals surface area contributed by atoms with Crippen LogP contribution in [0, 0.1) is 0 Å². The first kappa shape index (κ1) is 15.7. The smallest absolute Gasteiger partial charge is 0.410 e. The van der Waals surface area contributed by atoms with E-state index in [0.29, 0.717) is 12.5 Å². The van der Waals surface area contributed by atoms with Crippen LogP contribution in [0.25, 0.3) is 0 Å². The molecule has 3 heterocycles. The second kappa shape index (κ2) is 5.11. The lowest BCUT2D eigenvalue weighted by atomic mass is 9.94. The SMILES string of the molecule is CC1CC2(Cc3cc(C4CC4)ncc3O2)CN1C(=O)OC(C)(C)C. The maximum atomic E-state index is 12.5. The van der Waals surface area contributed by atoms with Gasteiger partial charge < -0.3 is 14.4 Å². The zero-order chi connectivity index (χ0) is 17.1. The van der Waals surface area contributed by atoms with E-state index in [1.54, 1.807) is 0 Å². The molecule has 0 radical (unpaired) electrons. The zero-order valence-corrected chi connectivity index (χ0v) is 15.0. The first-order valence-corrected chi connectivity index (χ1v) is 8.92. The molecule has 1 saturated heterocycles. The van der Waals surface area contributed by atoms with Crippen molar-refractivity contribution in [3.05, 3.63) is 23.5 Å². The fraction of sp³-hybridized carbons (Fsp3) is 0.684. The van der Waals surface area contributed by atoms with Crippen molar-refractivity contribution in [2.24, 2.45) is 0 Å². The lowest BCUT2D eigenvalue weighted by molar-refractivity contribution is 0.0191. The normalized spacial score (nSPS) is 28.8. The first-order chi connectivity index (χ1) is 11.2. The summed E-state index contributed by atoms with van der Waals surface area (Å²) in [6.07, 6.45) is 5.82. The van der Waals surface area contributed by atoms with E-state index in [1.807, 2.05) is 31.9 Å². The molecule has 1 aromatic rings. The lowest BCUT2D eigenvalue weighted by Gasteiger charge is -2.27. The van der Waals surface area contributed by atoms with Gasteiger partial charge in [0.1, 0.15) is 17.0 Å². The van der Waals surface area contributed by atoms with E-state index in [9.17, 15) is 4.79 Å². The molecule has 1 saturated carbocycles. The summed E-state index contributed by atoms with van der Waals surface area (Å²) in [7, 11) is 0. The van der Waals surface area contributed by atoms with Crippen molar-refractivity contribution >= 4 is 6.09 Å². The van der Waals surface area contributed by atoms with Gasteiger partial charge in [-0.05, 0) is 46.6 Å². The molecule has 2 atom stereocenters. The molecule has 3 aliphatic rings. The van der Waals surface area contributed by atoms with Gasteiger partial charge in [-0.1, -0.05) is 0 Å². The predicted octanol–water partition coefficient (Wildman–Crippen LogP) is 3.66. The summed E-state index contributed by atoms with van der Waals surface area (Å²) in [6.45, 7) is 8.34. The Hall–Kier alpha value is -1.78. The van der Waals surface area contributed by atoms with E-state index in [4.69, 9.17) is 9.47 Å². The number of pyridine rings is 1. The topological polar surface area (TPSA) is 51.7 Å². The third-order valence-electron chi connectivity index (χ3n) is 5.09. The number of rotatable bonds is 1. The average molecular weight is 330 g/mol. The number of ether oxygens (including phenoxy) is 2. The van der Waals surface area contributed by atoms with Crippen LogP contribution in [0.15, 0.2) is 12.3 Å². The van der Waals surface area contributed by atoms with E-state index < -0.39 is 5.60 Å². The second-order valence-corrected chi connectivity index (χ2v) is 8.61. The van der Waals surface area contributed by atoms with Crippen LogP contribution < -0.4 is 4.74 Å². The van der Waals surface area contributed by atoms with Crippen LogP contribution in [0.4, 0.5) is 4.79 Å². The van der Waals surface area contributed by atoms with Crippen LogP contribution in [0.3, 0.4) is 0 Å². The average Bonchev–Trinajstić information content (AvgIpc) is 3.18. The van der Waals surface area contributed by atoms with Gasteiger partial charge in [0.05, 0.1) is 12.7 Å². The van der Waals surface area contributed by atoms with E-state index in [0.717, 1.165) is 18.6 Å². The summed E-state index contributed by atoms with van der Waals surface area (Å²) < 4.78 is 11.8. The number of aromatic nitrogens is 1. The number of carbonyl (C=O) groups excluding carboxylic acids is 1. The molecule has 5 nitrogen and oxygen atoms in total. The van der Waals surface area contributed by atoms with Crippen molar-refractivity contribution in [3.8, 4) is 5.75 Å². The Bertz CT molecular complexity index is 678. The Morgan fingerprint density at radius 1 is 1.42 bits per heavy atom. The molecule has 1 amide bonds. The Morgan fingerprint density at radius 3 is 2.83 bits per heavy atom. The Labute approximate surface area is 143 Å². The number of amides is 1. The molecule has 24 heavy (non-hydrogen) atoms. The predicted molar refractivity (Wildman–Crippen MR) is 90.3 cm³/mol. The molecule has 0 N–H and O–H groups in total. The maximum absolute atomic E-state index is 12.5. The van der Waals surface area contributed by atoms with E-state index in [-0.39, 0.29) is 17.7 Å². The van der Waals surface area contributed by atoms with Gasteiger partial charge in [-0.25, -0.2) is 4.79 Å². The van der Waals surface area contributed by atoms with Crippen LogP contribution in [0.5, 0.6) is 5.75 Å². The minimum atomic E-state index is -0.477. The minimum absolute atomic E-state index is 0.116. The highest BCUT2D eigenvalue weighted by atomic mass is 16.6. The molecule has 1 spiro atoms. The maximum Gasteiger partial charge on any atom is 0.410 e. The monoisotopic (exact) mass is 330 g/mol. The van der Waals surface area contributed by atoms with Gasteiger partial charge >= 0.3 is 6.09 Å². The summed E-state index contributed by atoms with van der Waals surface area (Å²) in [5, 5.41) is 0. The van der Waals surface area contributed by atoms with Gasteiger partial charge in [-0.15, -0.1) is 0 Å².